The molecule has 0 radical (unpaired) electrons. The van der Waals surface area contributed by atoms with Crippen molar-refractivity contribution in [2.75, 3.05) is 25.0 Å². The van der Waals surface area contributed by atoms with Gasteiger partial charge < -0.3 is 10.2 Å². The summed E-state index contributed by atoms with van der Waals surface area (Å²) in [6.45, 7) is 7.77. The molecule has 1 amide bonds. The normalized spacial score (nSPS) is 17.7. The van der Waals surface area contributed by atoms with Crippen LogP contribution in [0, 0.1) is 11.8 Å². The fourth-order valence-corrected chi connectivity index (χ4v) is 4.25. The number of carbonyl (C=O) groups is 1. The molecule has 1 aromatic carbocycles. The van der Waals surface area contributed by atoms with Crippen LogP contribution in [-0.4, -0.2) is 45.2 Å². The first kappa shape index (κ1) is 21.5. The highest BCUT2D eigenvalue weighted by Crippen LogP contribution is 2.25. The lowest BCUT2D eigenvalue weighted by Crippen LogP contribution is -2.28. The van der Waals surface area contributed by atoms with E-state index in [2.05, 4.69) is 52.3 Å². The second kappa shape index (κ2) is 9.60. The minimum atomic E-state index is 0.0569. The van der Waals surface area contributed by atoms with Gasteiger partial charge in [0.25, 0.3) is 0 Å². The van der Waals surface area contributed by atoms with Crippen LogP contribution in [0.4, 0.5) is 5.82 Å². The molecule has 1 unspecified atom stereocenters. The fourth-order valence-electron chi connectivity index (χ4n) is 4.25. The molecule has 1 fully saturated rings. The summed E-state index contributed by atoms with van der Waals surface area (Å²) in [4.78, 5) is 19.9. The van der Waals surface area contributed by atoms with Crippen molar-refractivity contribution in [1.29, 1.82) is 0 Å². The van der Waals surface area contributed by atoms with E-state index < -0.39 is 0 Å². The molecule has 0 spiro atoms. The number of aromatic nitrogens is 3. The van der Waals surface area contributed by atoms with Gasteiger partial charge in [0.15, 0.2) is 0 Å². The third-order valence-electron chi connectivity index (χ3n) is 6.20. The number of hydrogen-bond donors (Lipinski definition) is 1. The number of hydrogen-bond acceptors (Lipinski definition) is 4. The molecule has 3 aromatic rings. The number of aryl methyl sites for hydroxylation is 1. The van der Waals surface area contributed by atoms with Crippen LogP contribution in [0.1, 0.15) is 39.5 Å². The van der Waals surface area contributed by atoms with Crippen molar-refractivity contribution in [3.05, 3.63) is 42.7 Å². The number of benzene rings is 1. The van der Waals surface area contributed by atoms with Crippen molar-refractivity contribution >= 4 is 22.5 Å². The van der Waals surface area contributed by atoms with E-state index in [0.717, 1.165) is 66.8 Å². The number of carbonyl (C=O) groups excluding carboxylic acids is 1. The number of rotatable bonds is 6. The van der Waals surface area contributed by atoms with E-state index in [9.17, 15) is 4.79 Å². The van der Waals surface area contributed by atoms with Crippen LogP contribution in [0.2, 0.25) is 0 Å². The van der Waals surface area contributed by atoms with Crippen LogP contribution in [-0.2, 0) is 11.8 Å². The largest absolute Gasteiger partial charge is 0.310 e. The fraction of sp³-hybridized carbons (Fsp3) is 0.480. The predicted molar refractivity (Wildman–Crippen MR) is 126 cm³/mol. The van der Waals surface area contributed by atoms with Gasteiger partial charge in [0.05, 0.1) is 5.69 Å². The smallest absolute Gasteiger partial charge is 0.228 e. The van der Waals surface area contributed by atoms with Crippen molar-refractivity contribution in [2.24, 2.45) is 18.9 Å². The molecular formula is C25H33N5O. The molecule has 31 heavy (non-hydrogen) atoms. The molecule has 6 nitrogen and oxygen atoms in total. The lowest BCUT2D eigenvalue weighted by atomic mass is 10.00. The molecule has 1 aliphatic heterocycles. The summed E-state index contributed by atoms with van der Waals surface area (Å²) in [7, 11) is 1.92. The minimum absolute atomic E-state index is 0.0569. The number of anilines is 1. The Morgan fingerprint density at radius 1 is 1.16 bits per heavy atom. The average molecular weight is 420 g/mol. The highest BCUT2D eigenvalue weighted by Gasteiger charge is 2.23. The summed E-state index contributed by atoms with van der Waals surface area (Å²) in [6.07, 6.45) is 7.93. The molecule has 164 valence electrons. The Labute approximate surface area is 184 Å². The Bertz CT molecular complexity index is 1040. The molecule has 6 heteroatoms. The minimum Gasteiger partial charge on any atom is -0.310 e. The SMILES string of the molecule is CC(C)CCN1CCCC(C(=O)Nc2cc3cc(-c4ccn(C)n4)ccc3cn2)CC1. The topological polar surface area (TPSA) is 63.1 Å². The Balaban J connectivity index is 1.42. The van der Waals surface area contributed by atoms with Crippen LogP contribution in [0.5, 0.6) is 0 Å². The summed E-state index contributed by atoms with van der Waals surface area (Å²) in [5, 5.41) is 9.66. The Kier molecular flexibility index (Phi) is 6.66. The van der Waals surface area contributed by atoms with Gasteiger partial charge in [-0.15, -0.1) is 0 Å². The number of nitrogens with zero attached hydrogens (tertiary/aromatic N) is 4. The van der Waals surface area contributed by atoms with Crippen LogP contribution in [0.3, 0.4) is 0 Å². The zero-order valence-electron chi connectivity index (χ0n) is 18.8. The molecule has 2 aromatic heterocycles. The first-order valence-corrected chi connectivity index (χ1v) is 11.4. The maximum absolute atomic E-state index is 12.9. The highest BCUT2D eigenvalue weighted by molar-refractivity contribution is 5.95. The molecule has 0 aliphatic carbocycles. The quantitative estimate of drug-likeness (QED) is 0.628. The second-order valence-corrected chi connectivity index (χ2v) is 9.15. The molecule has 4 rings (SSSR count). The standard InChI is InChI=1S/C25H33N5O/c1-18(2)8-13-30-11-4-5-19(9-14-30)25(31)27-24-16-22-15-20(6-7-21(22)17-26-24)23-10-12-29(3)28-23/h6-7,10,12,15-19H,4-5,8-9,11,13-14H2,1-3H3,(H,26,27,31). The number of nitrogens with one attached hydrogen (secondary N) is 1. The third-order valence-corrected chi connectivity index (χ3v) is 6.20. The molecule has 1 N–H and O–H groups in total. The Morgan fingerprint density at radius 3 is 2.81 bits per heavy atom. The average Bonchev–Trinajstić information content (AvgIpc) is 3.04. The van der Waals surface area contributed by atoms with Crippen LogP contribution < -0.4 is 5.32 Å². The molecular weight excluding hydrogens is 386 g/mol. The lowest BCUT2D eigenvalue weighted by Gasteiger charge is -2.21. The molecule has 1 aliphatic rings. The van der Waals surface area contributed by atoms with Gasteiger partial charge in [-0.2, -0.15) is 5.10 Å². The summed E-state index contributed by atoms with van der Waals surface area (Å²) < 4.78 is 1.80. The second-order valence-electron chi connectivity index (χ2n) is 9.15. The monoisotopic (exact) mass is 419 g/mol. The molecule has 1 saturated heterocycles. The molecule has 1 atom stereocenters. The van der Waals surface area contributed by atoms with E-state index in [-0.39, 0.29) is 11.8 Å². The third kappa shape index (κ3) is 5.50. The van der Waals surface area contributed by atoms with Crippen LogP contribution >= 0.6 is 0 Å². The van der Waals surface area contributed by atoms with Crippen molar-refractivity contribution in [3.8, 4) is 11.3 Å². The highest BCUT2D eigenvalue weighted by atomic mass is 16.1. The summed E-state index contributed by atoms with van der Waals surface area (Å²) in [5.41, 5.74) is 1.99. The number of fused-ring (bicyclic) bond motifs is 1. The van der Waals surface area contributed by atoms with E-state index in [4.69, 9.17) is 0 Å². The van der Waals surface area contributed by atoms with Gasteiger partial charge in [0, 0.05) is 36.3 Å². The maximum Gasteiger partial charge on any atom is 0.228 e. The number of amides is 1. The number of likely N-dealkylation sites (tertiary alicyclic amines) is 1. The van der Waals surface area contributed by atoms with E-state index in [1.54, 1.807) is 4.68 Å². The Hall–Kier alpha value is -2.73. The molecule has 3 heterocycles. The van der Waals surface area contributed by atoms with Gasteiger partial charge in [-0.25, -0.2) is 4.98 Å². The predicted octanol–water partition coefficient (Wildman–Crippen LogP) is 4.72. The van der Waals surface area contributed by atoms with Crippen molar-refractivity contribution in [1.82, 2.24) is 19.7 Å². The zero-order chi connectivity index (χ0) is 21.8. The van der Waals surface area contributed by atoms with Gasteiger partial charge in [-0.3, -0.25) is 9.48 Å². The van der Waals surface area contributed by atoms with Crippen molar-refractivity contribution in [2.45, 2.75) is 39.5 Å². The number of pyridine rings is 1. The van der Waals surface area contributed by atoms with Gasteiger partial charge in [0.2, 0.25) is 5.91 Å². The first-order chi connectivity index (χ1) is 15.0. The van der Waals surface area contributed by atoms with Crippen LogP contribution in [0.15, 0.2) is 42.7 Å². The summed E-state index contributed by atoms with van der Waals surface area (Å²) in [6, 6.07) is 10.2. The van der Waals surface area contributed by atoms with E-state index in [0.29, 0.717) is 5.82 Å². The van der Waals surface area contributed by atoms with Crippen molar-refractivity contribution in [3.63, 3.8) is 0 Å². The van der Waals surface area contributed by atoms with Crippen molar-refractivity contribution < 1.29 is 4.79 Å². The Morgan fingerprint density at radius 2 is 2.03 bits per heavy atom. The van der Waals surface area contributed by atoms with Gasteiger partial charge in [-0.1, -0.05) is 26.0 Å². The zero-order valence-corrected chi connectivity index (χ0v) is 18.8. The van der Waals surface area contributed by atoms with E-state index >= 15 is 0 Å². The summed E-state index contributed by atoms with van der Waals surface area (Å²) >= 11 is 0. The molecule has 0 saturated carbocycles. The summed E-state index contributed by atoms with van der Waals surface area (Å²) in [5.74, 6) is 1.50. The van der Waals surface area contributed by atoms with E-state index in [1.165, 1.54) is 6.42 Å². The van der Waals surface area contributed by atoms with Gasteiger partial charge >= 0.3 is 0 Å². The molecule has 0 bridgehead atoms. The van der Waals surface area contributed by atoms with Gasteiger partial charge in [-0.05, 0) is 74.8 Å². The first-order valence-electron chi connectivity index (χ1n) is 11.4. The lowest BCUT2D eigenvalue weighted by molar-refractivity contribution is -0.120. The van der Waals surface area contributed by atoms with Crippen LogP contribution in [0.25, 0.3) is 22.0 Å². The van der Waals surface area contributed by atoms with E-state index in [1.807, 2.05) is 31.6 Å². The van der Waals surface area contributed by atoms with Gasteiger partial charge in [0.1, 0.15) is 5.82 Å². The maximum atomic E-state index is 12.9.